The number of hydrogen-bond donors (Lipinski definition) is 0. The van der Waals surface area contributed by atoms with Crippen molar-refractivity contribution in [1.29, 1.82) is 0 Å². The molecule has 2 atom stereocenters. The smallest absolute Gasteiger partial charge is 0.347 e. The maximum Gasteiger partial charge on any atom is 0.347 e. The molecule has 2 aromatic carbocycles. The van der Waals surface area contributed by atoms with E-state index in [4.69, 9.17) is 14.2 Å². The average Bonchev–Trinajstić information content (AvgIpc) is 2.60. The molecule has 0 N–H and O–H groups in total. The summed E-state index contributed by atoms with van der Waals surface area (Å²) in [6.07, 6.45) is -1.39. The predicted octanol–water partition coefficient (Wildman–Crippen LogP) is 3.81. The van der Waals surface area contributed by atoms with E-state index in [0.717, 1.165) is 0 Å². The van der Waals surface area contributed by atoms with Crippen LogP contribution in [0.1, 0.15) is 31.1 Å². The fraction of sp³-hybridized carbons (Fsp3) is 0.300. The molecule has 0 saturated heterocycles. The molecule has 0 aromatic heterocycles. The average molecular weight is 360 g/mol. The highest BCUT2D eigenvalue weighted by molar-refractivity contribution is 5.94. The summed E-state index contributed by atoms with van der Waals surface area (Å²) < 4.78 is 29.3. The summed E-state index contributed by atoms with van der Waals surface area (Å²) in [5.41, 5.74) is 0.500. The van der Waals surface area contributed by atoms with E-state index in [0.29, 0.717) is 17.1 Å². The van der Waals surface area contributed by atoms with Gasteiger partial charge in [-0.15, -0.1) is 0 Å². The second-order valence-electron chi connectivity index (χ2n) is 5.86. The Balaban J connectivity index is 1.84. The molecule has 26 heavy (non-hydrogen) atoms. The van der Waals surface area contributed by atoms with Gasteiger partial charge in [0.15, 0.2) is 11.9 Å². The summed E-state index contributed by atoms with van der Waals surface area (Å²) in [5, 5.41) is 0. The molecule has 0 fully saturated rings. The Labute approximate surface area is 151 Å². The molecule has 2 aromatic rings. The van der Waals surface area contributed by atoms with Crippen molar-refractivity contribution in [2.24, 2.45) is 0 Å². The fourth-order valence-electron chi connectivity index (χ4n) is 2.14. The summed E-state index contributed by atoms with van der Waals surface area (Å²) in [5.74, 6) is -0.284. The van der Waals surface area contributed by atoms with Crippen molar-refractivity contribution >= 4 is 11.8 Å². The van der Waals surface area contributed by atoms with E-state index in [1.54, 1.807) is 44.2 Å². The number of rotatable bonds is 8. The Morgan fingerprint density at radius 3 is 2.42 bits per heavy atom. The minimum absolute atomic E-state index is 0.0851. The van der Waals surface area contributed by atoms with Gasteiger partial charge in [0.2, 0.25) is 0 Å². The van der Waals surface area contributed by atoms with Crippen molar-refractivity contribution < 1.29 is 28.2 Å². The summed E-state index contributed by atoms with van der Waals surface area (Å²) in [6, 6.07) is 12.3. The van der Waals surface area contributed by atoms with E-state index in [-0.39, 0.29) is 12.4 Å². The van der Waals surface area contributed by atoms with Gasteiger partial charge in [0.05, 0.1) is 0 Å². The monoisotopic (exact) mass is 360 g/mol. The van der Waals surface area contributed by atoms with Gasteiger partial charge in [-0.25, -0.2) is 9.18 Å². The number of ether oxygens (including phenoxy) is 3. The van der Waals surface area contributed by atoms with Crippen molar-refractivity contribution in [2.45, 2.75) is 33.0 Å². The highest BCUT2D eigenvalue weighted by Crippen LogP contribution is 2.16. The molecule has 5 nitrogen and oxygen atoms in total. The van der Waals surface area contributed by atoms with E-state index >= 15 is 0 Å². The first-order chi connectivity index (χ1) is 12.3. The van der Waals surface area contributed by atoms with Crippen LogP contribution in [0.3, 0.4) is 0 Å². The van der Waals surface area contributed by atoms with Crippen LogP contribution in [0.5, 0.6) is 11.5 Å². The Morgan fingerprint density at radius 2 is 1.73 bits per heavy atom. The van der Waals surface area contributed by atoms with Crippen LogP contribution in [0.25, 0.3) is 0 Å². The van der Waals surface area contributed by atoms with Crippen molar-refractivity contribution in [1.82, 2.24) is 0 Å². The van der Waals surface area contributed by atoms with Crippen LogP contribution in [-0.4, -0.2) is 30.6 Å². The van der Waals surface area contributed by atoms with Crippen molar-refractivity contribution in [3.63, 3.8) is 0 Å². The molecular weight excluding hydrogens is 339 g/mol. The number of carbonyl (C=O) groups excluding carboxylic acids is 2. The molecule has 0 aliphatic rings. The second kappa shape index (κ2) is 8.99. The Kier molecular flexibility index (Phi) is 6.72. The van der Waals surface area contributed by atoms with Crippen LogP contribution in [0.15, 0.2) is 48.5 Å². The Bertz CT molecular complexity index is 774. The first-order valence-corrected chi connectivity index (χ1v) is 8.21. The second-order valence-corrected chi connectivity index (χ2v) is 5.86. The minimum Gasteiger partial charge on any atom is -0.490 e. The van der Waals surface area contributed by atoms with Crippen LogP contribution < -0.4 is 9.47 Å². The third kappa shape index (κ3) is 5.88. The molecule has 6 heteroatoms. The molecule has 0 aliphatic carbocycles. The molecule has 2 unspecified atom stereocenters. The normalized spacial score (nSPS) is 12.8. The third-order valence-corrected chi connectivity index (χ3v) is 3.48. The van der Waals surface area contributed by atoms with Crippen LogP contribution >= 0.6 is 0 Å². The Morgan fingerprint density at radius 1 is 1.04 bits per heavy atom. The molecule has 0 bridgehead atoms. The SMILES string of the molecule is CC(=O)c1cccc(OC(C)C(=O)OC(C)COc2cccc(F)c2)c1. The van der Waals surface area contributed by atoms with E-state index < -0.39 is 24.0 Å². The van der Waals surface area contributed by atoms with Crippen molar-refractivity contribution in [3.05, 3.63) is 59.9 Å². The van der Waals surface area contributed by atoms with Gasteiger partial charge in [0.25, 0.3) is 0 Å². The zero-order valence-corrected chi connectivity index (χ0v) is 14.9. The highest BCUT2D eigenvalue weighted by atomic mass is 19.1. The van der Waals surface area contributed by atoms with E-state index in [2.05, 4.69) is 0 Å². The lowest BCUT2D eigenvalue weighted by Crippen LogP contribution is -2.31. The summed E-state index contributed by atoms with van der Waals surface area (Å²) in [7, 11) is 0. The van der Waals surface area contributed by atoms with Gasteiger partial charge in [-0.05, 0) is 45.0 Å². The van der Waals surface area contributed by atoms with Crippen molar-refractivity contribution in [2.75, 3.05) is 6.61 Å². The molecule has 0 spiro atoms. The van der Waals surface area contributed by atoms with Gasteiger partial charge in [0.1, 0.15) is 30.0 Å². The van der Waals surface area contributed by atoms with Crippen LogP contribution in [0, 0.1) is 5.82 Å². The number of Topliss-reactive ketones (excluding diaryl/α,β-unsaturated/α-hetero) is 1. The lowest BCUT2D eigenvalue weighted by atomic mass is 10.1. The van der Waals surface area contributed by atoms with Crippen LogP contribution in [-0.2, 0) is 9.53 Å². The zero-order chi connectivity index (χ0) is 19.1. The maximum atomic E-state index is 13.1. The van der Waals surface area contributed by atoms with E-state index in [1.165, 1.54) is 25.1 Å². The molecule has 2 rings (SSSR count). The molecule has 0 saturated carbocycles. The first-order valence-electron chi connectivity index (χ1n) is 8.21. The first kappa shape index (κ1) is 19.4. The quantitative estimate of drug-likeness (QED) is 0.529. The van der Waals surface area contributed by atoms with Gasteiger partial charge in [-0.1, -0.05) is 18.2 Å². The summed E-state index contributed by atoms with van der Waals surface area (Å²) in [6.45, 7) is 4.77. The van der Waals surface area contributed by atoms with Gasteiger partial charge < -0.3 is 14.2 Å². The van der Waals surface area contributed by atoms with Gasteiger partial charge in [0, 0.05) is 11.6 Å². The standard InChI is InChI=1S/C20H21FO5/c1-13(12-24-18-8-5-7-17(21)11-18)25-20(23)15(3)26-19-9-4-6-16(10-19)14(2)22/h4-11,13,15H,12H2,1-3H3. The number of benzene rings is 2. The fourth-order valence-corrected chi connectivity index (χ4v) is 2.14. The number of hydrogen-bond acceptors (Lipinski definition) is 5. The lowest BCUT2D eigenvalue weighted by Gasteiger charge is -2.18. The predicted molar refractivity (Wildman–Crippen MR) is 94.0 cm³/mol. The van der Waals surface area contributed by atoms with Gasteiger partial charge in [-0.3, -0.25) is 4.79 Å². The largest absolute Gasteiger partial charge is 0.490 e. The lowest BCUT2D eigenvalue weighted by molar-refractivity contribution is -0.157. The number of ketones is 1. The number of carbonyl (C=O) groups is 2. The maximum absolute atomic E-state index is 13.1. The topological polar surface area (TPSA) is 61.8 Å². The van der Waals surface area contributed by atoms with Crippen molar-refractivity contribution in [3.8, 4) is 11.5 Å². The zero-order valence-electron chi connectivity index (χ0n) is 14.9. The van der Waals surface area contributed by atoms with Gasteiger partial charge in [-0.2, -0.15) is 0 Å². The van der Waals surface area contributed by atoms with E-state index in [9.17, 15) is 14.0 Å². The summed E-state index contributed by atoms with van der Waals surface area (Å²) in [4.78, 5) is 23.5. The minimum atomic E-state index is -0.853. The van der Waals surface area contributed by atoms with Crippen LogP contribution in [0.2, 0.25) is 0 Å². The number of esters is 1. The molecule has 0 heterocycles. The molecule has 0 amide bonds. The summed E-state index contributed by atoms with van der Waals surface area (Å²) >= 11 is 0. The van der Waals surface area contributed by atoms with Crippen LogP contribution in [0.4, 0.5) is 4.39 Å². The molecule has 138 valence electrons. The Hall–Kier alpha value is -2.89. The molecule has 0 radical (unpaired) electrons. The number of halogens is 1. The third-order valence-electron chi connectivity index (χ3n) is 3.48. The molecular formula is C20H21FO5. The highest BCUT2D eigenvalue weighted by Gasteiger charge is 2.20. The van der Waals surface area contributed by atoms with Gasteiger partial charge >= 0.3 is 5.97 Å². The molecule has 0 aliphatic heterocycles. The van der Waals surface area contributed by atoms with E-state index in [1.807, 2.05) is 0 Å².